The van der Waals surface area contributed by atoms with Gasteiger partial charge in [0.2, 0.25) is 5.91 Å². The van der Waals surface area contributed by atoms with E-state index in [9.17, 15) is 9.59 Å². The van der Waals surface area contributed by atoms with E-state index in [1.807, 2.05) is 69.3 Å². The highest BCUT2D eigenvalue weighted by Gasteiger charge is 2.38. The fourth-order valence-electron chi connectivity index (χ4n) is 4.32. The predicted octanol–water partition coefficient (Wildman–Crippen LogP) is 4.71. The summed E-state index contributed by atoms with van der Waals surface area (Å²) < 4.78 is 15.6. The highest BCUT2D eigenvalue weighted by Crippen LogP contribution is 2.48. The molecule has 41 heavy (non-hydrogen) atoms. The van der Waals surface area contributed by atoms with Gasteiger partial charge < -0.3 is 30.6 Å². The maximum atomic E-state index is 12.5. The Morgan fingerprint density at radius 1 is 0.829 bits per heavy atom. The van der Waals surface area contributed by atoms with Gasteiger partial charge in [0.05, 0.1) is 31.1 Å². The summed E-state index contributed by atoms with van der Waals surface area (Å²) in [6, 6.07) is 28.0. The number of hydrogen-bond acceptors (Lipinski definition) is 7. The van der Waals surface area contributed by atoms with E-state index >= 15 is 0 Å². The molecule has 3 aromatic carbocycles. The molecule has 0 aliphatic heterocycles. The number of nitrogens with one attached hydrogen (secondary N) is 2. The lowest BCUT2D eigenvalue weighted by molar-refractivity contribution is -0.119. The van der Waals surface area contributed by atoms with Gasteiger partial charge in [-0.05, 0) is 49.6 Å². The Kier molecular flexibility index (Phi) is 12.1. The number of primary amides is 1. The molecule has 0 aromatic heterocycles. The van der Waals surface area contributed by atoms with Crippen molar-refractivity contribution in [1.82, 2.24) is 10.6 Å². The first-order valence-electron chi connectivity index (χ1n) is 13.6. The van der Waals surface area contributed by atoms with E-state index in [-0.39, 0.29) is 0 Å². The first-order valence-corrected chi connectivity index (χ1v) is 14.6. The quantitative estimate of drug-likeness (QED) is 0.177. The fourth-order valence-corrected chi connectivity index (χ4v) is 5.93. The molecule has 0 fully saturated rings. The summed E-state index contributed by atoms with van der Waals surface area (Å²) in [6.45, 7) is 6.84. The summed E-state index contributed by atoms with van der Waals surface area (Å²) >= 11 is 1.65. The molecule has 2 amide bonds. The summed E-state index contributed by atoms with van der Waals surface area (Å²) in [6.07, 6.45) is -0.484. The van der Waals surface area contributed by atoms with E-state index in [0.29, 0.717) is 32.1 Å². The summed E-state index contributed by atoms with van der Waals surface area (Å²) in [5.41, 5.74) is 8.52. The number of alkyl carbamates (subject to hydrolysis) is 1. The van der Waals surface area contributed by atoms with Crippen molar-refractivity contribution in [1.29, 1.82) is 0 Å². The average Bonchev–Trinajstić information content (AvgIpc) is 2.96. The average molecular weight is 580 g/mol. The molecule has 0 unspecified atom stereocenters. The molecule has 0 heterocycles. The molecular weight excluding hydrogens is 538 g/mol. The lowest BCUT2D eigenvalue weighted by Crippen LogP contribution is -2.45. The molecule has 0 aliphatic carbocycles. The highest BCUT2D eigenvalue weighted by molar-refractivity contribution is 8.00. The van der Waals surface area contributed by atoms with E-state index in [1.165, 1.54) is 0 Å². The van der Waals surface area contributed by atoms with Gasteiger partial charge in [0.25, 0.3) is 0 Å². The van der Waals surface area contributed by atoms with Crippen LogP contribution in [0.25, 0.3) is 0 Å². The molecule has 3 aromatic rings. The van der Waals surface area contributed by atoms with Crippen LogP contribution in [-0.2, 0) is 19.0 Å². The van der Waals surface area contributed by atoms with Crippen molar-refractivity contribution in [3.05, 3.63) is 102 Å². The van der Waals surface area contributed by atoms with Crippen molar-refractivity contribution in [3.8, 4) is 5.75 Å². The topological polar surface area (TPSA) is 112 Å². The fraction of sp³-hybridized carbons (Fsp3) is 0.375. The van der Waals surface area contributed by atoms with Gasteiger partial charge in [-0.2, -0.15) is 0 Å². The van der Waals surface area contributed by atoms with Crippen LogP contribution in [0, 0.1) is 0 Å². The van der Waals surface area contributed by atoms with E-state index in [0.717, 1.165) is 22.4 Å². The Morgan fingerprint density at radius 3 is 1.88 bits per heavy atom. The molecule has 0 bridgehead atoms. The number of rotatable bonds is 15. The zero-order valence-electron chi connectivity index (χ0n) is 24.2. The SMILES string of the molecule is COc1ccc(C(SC[C@H](NCCOCCNC(=O)OC(C)(C)C)C(N)=O)(c2ccccc2)c2ccccc2)cc1. The van der Waals surface area contributed by atoms with Crippen molar-refractivity contribution in [3.63, 3.8) is 0 Å². The number of nitrogens with two attached hydrogens (primary N) is 1. The number of carbonyl (C=O) groups excluding carboxylic acids is 2. The molecular formula is C32H41N3O5S. The number of carbonyl (C=O) groups is 2. The van der Waals surface area contributed by atoms with Crippen molar-refractivity contribution < 1.29 is 23.8 Å². The van der Waals surface area contributed by atoms with Crippen LogP contribution in [0.15, 0.2) is 84.9 Å². The van der Waals surface area contributed by atoms with Crippen molar-refractivity contribution in [2.75, 3.05) is 39.2 Å². The van der Waals surface area contributed by atoms with Crippen LogP contribution >= 0.6 is 11.8 Å². The third kappa shape index (κ3) is 9.52. The highest BCUT2D eigenvalue weighted by atomic mass is 32.2. The Morgan fingerprint density at radius 2 is 1.37 bits per heavy atom. The number of amides is 2. The standard InChI is InChI=1S/C32H41N3O5S/c1-31(2,3)40-30(37)35-20-22-39-21-19-34-28(29(33)36)23-41-32(24-11-7-5-8-12-24,25-13-9-6-10-14-25)26-15-17-27(38-4)18-16-26/h5-18,28,34H,19-23H2,1-4H3,(H2,33,36)(H,35,37)/t28-/m0/s1. The first-order chi connectivity index (χ1) is 19.7. The molecule has 0 saturated carbocycles. The van der Waals surface area contributed by atoms with Crippen LogP contribution in [0.2, 0.25) is 0 Å². The van der Waals surface area contributed by atoms with Gasteiger partial charge in [0.15, 0.2) is 0 Å². The second kappa shape index (κ2) is 15.5. The Hall–Kier alpha value is -3.53. The van der Waals surface area contributed by atoms with Gasteiger partial charge in [-0.25, -0.2) is 4.79 Å². The minimum atomic E-state index is -0.603. The summed E-state index contributed by atoms with van der Waals surface area (Å²) in [5, 5.41) is 5.90. The normalized spacial score (nSPS) is 12.4. The van der Waals surface area contributed by atoms with Gasteiger partial charge in [0, 0.05) is 18.8 Å². The van der Waals surface area contributed by atoms with E-state index in [2.05, 4.69) is 47.0 Å². The molecule has 0 saturated heterocycles. The van der Waals surface area contributed by atoms with Gasteiger partial charge in [-0.1, -0.05) is 72.8 Å². The minimum absolute atomic E-state index is 0.319. The molecule has 4 N–H and O–H groups in total. The monoisotopic (exact) mass is 579 g/mol. The zero-order chi connectivity index (χ0) is 29.7. The first kappa shape index (κ1) is 32.0. The lowest BCUT2D eigenvalue weighted by Gasteiger charge is -2.36. The molecule has 8 nitrogen and oxygen atoms in total. The van der Waals surface area contributed by atoms with E-state index in [4.69, 9.17) is 19.9 Å². The summed E-state index contributed by atoms with van der Waals surface area (Å²) in [5.74, 6) is 0.756. The van der Waals surface area contributed by atoms with Crippen molar-refractivity contribution in [2.24, 2.45) is 5.73 Å². The largest absolute Gasteiger partial charge is 0.497 e. The van der Waals surface area contributed by atoms with E-state index in [1.54, 1.807) is 18.9 Å². The molecule has 9 heteroatoms. The van der Waals surface area contributed by atoms with Crippen LogP contribution < -0.4 is 21.1 Å². The molecule has 1 atom stereocenters. The number of methoxy groups -OCH3 is 1. The Labute approximate surface area is 247 Å². The lowest BCUT2D eigenvalue weighted by atomic mass is 9.84. The third-order valence-corrected chi connectivity index (χ3v) is 7.86. The Balaban J connectivity index is 1.70. The maximum Gasteiger partial charge on any atom is 0.407 e. The second-order valence-electron chi connectivity index (χ2n) is 10.4. The maximum absolute atomic E-state index is 12.5. The van der Waals surface area contributed by atoms with Gasteiger partial charge in [0.1, 0.15) is 11.4 Å². The minimum Gasteiger partial charge on any atom is -0.497 e. The van der Waals surface area contributed by atoms with Crippen LogP contribution in [0.1, 0.15) is 37.5 Å². The summed E-state index contributed by atoms with van der Waals surface area (Å²) in [4.78, 5) is 24.2. The summed E-state index contributed by atoms with van der Waals surface area (Å²) in [7, 11) is 1.65. The smallest absolute Gasteiger partial charge is 0.407 e. The van der Waals surface area contributed by atoms with Crippen molar-refractivity contribution in [2.45, 2.75) is 37.2 Å². The number of thioether (sulfide) groups is 1. The van der Waals surface area contributed by atoms with Gasteiger partial charge in [-0.15, -0.1) is 11.8 Å². The predicted molar refractivity (Wildman–Crippen MR) is 164 cm³/mol. The third-order valence-electron chi connectivity index (χ3n) is 6.22. The molecule has 3 rings (SSSR count). The molecule has 220 valence electrons. The van der Waals surface area contributed by atoms with Crippen LogP contribution in [0.3, 0.4) is 0 Å². The van der Waals surface area contributed by atoms with Crippen molar-refractivity contribution >= 4 is 23.8 Å². The number of benzene rings is 3. The second-order valence-corrected chi connectivity index (χ2v) is 11.6. The van der Waals surface area contributed by atoms with Gasteiger partial charge in [-0.3, -0.25) is 4.79 Å². The molecule has 0 radical (unpaired) electrons. The zero-order valence-corrected chi connectivity index (χ0v) is 25.0. The Bertz CT molecular complexity index is 1180. The van der Waals surface area contributed by atoms with E-state index < -0.39 is 28.4 Å². The van der Waals surface area contributed by atoms with Crippen LogP contribution in [-0.4, -0.2) is 62.8 Å². The van der Waals surface area contributed by atoms with Gasteiger partial charge >= 0.3 is 6.09 Å². The molecule has 0 aliphatic rings. The number of ether oxygens (including phenoxy) is 3. The molecule has 0 spiro atoms. The van der Waals surface area contributed by atoms with Crippen LogP contribution in [0.5, 0.6) is 5.75 Å². The van der Waals surface area contributed by atoms with Crippen LogP contribution in [0.4, 0.5) is 4.79 Å². The number of hydrogen-bond donors (Lipinski definition) is 3.